The Kier molecular flexibility index (Phi) is 4.43. The van der Waals surface area contributed by atoms with Gasteiger partial charge in [0.25, 0.3) is 0 Å². The van der Waals surface area contributed by atoms with Gasteiger partial charge in [-0.25, -0.2) is 4.39 Å². The third-order valence-electron chi connectivity index (χ3n) is 3.00. The van der Waals surface area contributed by atoms with E-state index in [1.54, 1.807) is 19.1 Å². The SMILES string of the molecule is CC(O)(Cc1ccc(Br)cc1F)c1ccccc1Br. The van der Waals surface area contributed by atoms with E-state index in [1.807, 2.05) is 24.3 Å². The van der Waals surface area contributed by atoms with Gasteiger partial charge >= 0.3 is 0 Å². The highest BCUT2D eigenvalue weighted by molar-refractivity contribution is 9.10. The summed E-state index contributed by atoms with van der Waals surface area (Å²) in [4.78, 5) is 0. The van der Waals surface area contributed by atoms with Gasteiger partial charge in [0.2, 0.25) is 0 Å². The molecule has 0 saturated carbocycles. The van der Waals surface area contributed by atoms with Gasteiger partial charge in [-0.1, -0.05) is 56.1 Å². The second-order valence-electron chi connectivity index (χ2n) is 4.67. The topological polar surface area (TPSA) is 20.2 Å². The maximum Gasteiger partial charge on any atom is 0.127 e. The van der Waals surface area contributed by atoms with Gasteiger partial charge in [-0.05, 0) is 36.2 Å². The minimum absolute atomic E-state index is 0.217. The monoisotopic (exact) mass is 386 g/mol. The predicted molar refractivity (Wildman–Crippen MR) is 81.5 cm³/mol. The molecule has 0 amide bonds. The Balaban J connectivity index is 2.33. The smallest absolute Gasteiger partial charge is 0.127 e. The molecular weight excluding hydrogens is 375 g/mol. The molecule has 19 heavy (non-hydrogen) atoms. The third-order valence-corrected chi connectivity index (χ3v) is 4.19. The molecule has 0 radical (unpaired) electrons. The van der Waals surface area contributed by atoms with E-state index < -0.39 is 5.60 Å². The zero-order valence-corrected chi connectivity index (χ0v) is 13.5. The fourth-order valence-corrected chi connectivity index (χ4v) is 3.07. The molecule has 0 fully saturated rings. The van der Waals surface area contributed by atoms with Crippen molar-refractivity contribution in [3.05, 3.63) is 68.4 Å². The molecule has 1 nitrogen and oxygen atoms in total. The lowest BCUT2D eigenvalue weighted by Crippen LogP contribution is -2.25. The van der Waals surface area contributed by atoms with Crippen molar-refractivity contribution < 1.29 is 9.50 Å². The Hall–Kier alpha value is -0.710. The van der Waals surface area contributed by atoms with Crippen LogP contribution in [0.15, 0.2) is 51.4 Å². The number of hydrogen-bond donors (Lipinski definition) is 1. The molecular formula is C15H13Br2FO. The van der Waals surface area contributed by atoms with Crippen LogP contribution in [0.5, 0.6) is 0 Å². The Labute approximate surface area is 128 Å². The molecule has 0 spiro atoms. The van der Waals surface area contributed by atoms with Gasteiger partial charge in [-0.2, -0.15) is 0 Å². The largest absolute Gasteiger partial charge is 0.385 e. The van der Waals surface area contributed by atoms with E-state index in [2.05, 4.69) is 31.9 Å². The molecule has 100 valence electrons. The van der Waals surface area contributed by atoms with Crippen LogP contribution in [0.25, 0.3) is 0 Å². The zero-order valence-electron chi connectivity index (χ0n) is 10.3. The van der Waals surface area contributed by atoms with Crippen molar-refractivity contribution in [2.24, 2.45) is 0 Å². The summed E-state index contributed by atoms with van der Waals surface area (Å²) in [7, 11) is 0. The molecule has 0 saturated heterocycles. The van der Waals surface area contributed by atoms with Crippen molar-refractivity contribution in [3.8, 4) is 0 Å². The summed E-state index contributed by atoms with van der Waals surface area (Å²) in [5, 5.41) is 10.6. The van der Waals surface area contributed by atoms with E-state index in [0.717, 1.165) is 10.0 Å². The number of aliphatic hydroxyl groups is 1. The van der Waals surface area contributed by atoms with Crippen molar-refractivity contribution in [1.29, 1.82) is 0 Å². The van der Waals surface area contributed by atoms with Crippen LogP contribution in [-0.4, -0.2) is 5.11 Å². The van der Waals surface area contributed by atoms with Gasteiger partial charge in [0.05, 0.1) is 5.60 Å². The second-order valence-corrected chi connectivity index (χ2v) is 6.44. The normalized spacial score (nSPS) is 14.2. The van der Waals surface area contributed by atoms with Crippen molar-refractivity contribution in [3.63, 3.8) is 0 Å². The first kappa shape index (κ1) is 14.7. The van der Waals surface area contributed by atoms with Crippen LogP contribution in [-0.2, 0) is 12.0 Å². The molecule has 1 unspecified atom stereocenters. The van der Waals surface area contributed by atoms with E-state index in [1.165, 1.54) is 6.07 Å². The lowest BCUT2D eigenvalue weighted by atomic mass is 9.89. The minimum atomic E-state index is -1.13. The third kappa shape index (κ3) is 3.44. The number of hydrogen-bond acceptors (Lipinski definition) is 1. The molecule has 0 aliphatic rings. The van der Waals surface area contributed by atoms with Gasteiger partial charge in [0.1, 0.15) is 5.82 Å². The second kappa shape index (κ2) is 5.73. The van der Waals surface area contributed by atoms with Gasteiger partial charge in [0, 0.05) is 15.4 Å². The summed E-state index contributed by atoms with van der Waals surface area (Å²) in [6.45, 7) is 1.69. The number of rotatable bonds is 3. The Morgan fingerprint density at radius 2 is 1.84 bits per heavy atom. The number of halogens is 3. The Morgan fingerprint density at radius 3 is 2.47 bits per heavy atom. The maximum atomic E-state index is 13.8. The molecule has 2 rings (SSSR count). The summed E-state index contributed by atoms with van der Waals surface area (Å²) in [5.41, 5.74) is 0.107. The molecule has 0 heterocycles. The quantitative estimate of drug-likeness (QED) is 0.801. The zero-order chi connectivity index (χ0) is 14.0. The fraction of sp³-hybridized carbons (Fsp3) is 0.200. The first-order valence-corrected chi connectivity index (χ1v) is 7.40. The van der Waals surface area contributed by atoms with Gasteiger partial charge in [-0.15, -0.1) is 0 Å². The molecule has 4 heteroatoms. The molecule has 1 atom stereocenters. The predicted octanol–water partition coefficient (Wildman–Crippen LogP) is 4.80. The van der Waals surface area contributed by atoms with Gasteiger partial charge in [0.15, 0.2) is 0 Å². The highest BCUT2D eigenvalue weighted by atomic mass is 79.9. The van der Waals surface area contributed by atoms with Crippen LogP contribution in [0.3, 0.4) is 0 Å². The van der Waals surface area contributed by atoms with Crippen LogP contribution >= 0.6 is 31.9 Å². The maximum absolute atomic E-state index is 13.8. The summed E-state index contributed by atoms with van der Waals surface area (Å²) in [5.74, 6) is -0.318. The Morgan fingerprint density at radius 1 is 1.16 bits per heavy atom. The van der Waals surface area contributed by atoms with Crippen molar-refractivity contribution in [1.82, 2.24) is 0 Å². The average Bonchev–Trinajstić information content (AvgIpc) is 2.33. The van der Waals surface area contributed by atoms with E-state index in [9.17, 15) is 9.50 Å². The summed E-state index contributed by atoms with van der Waals surface area (Å²) in [6.07, 6.45) is 0.217. The molecule has 2 aromatic carbocycles. The van der Waals surface area contributed by atoms with Crippen LogP contribution in [0.2, 0.25) is 0 Å². The van der Waals surface area contributed by atoms with E-state index >= 15 is 0 Å². The summed E-state index contributed by atoms with van der Waals surface area (Å²) < 4.78 is 15.4. The molecule has 0 aromatic heterocycles. The van der Waals surface area contributed by atoms with Gasteiger partial charge < -0.3 is 5.11 Å². The molecule has 0 aliphatic carbocycles. The van der Waals surface area contributed by atoms with Crippen LogP contribution < -0.4 is 0 Å². The standard InChI is InChI=1S/C15H13Br2FO/c1-15(19,12-4-2-3-5-13(12)17)9-10-6-7-11(16)8-14(10)18/h2-8,19H,9H2,1H3. The molecule has 1 N–H and O–H groups in total. The van der Waals surface area contributed by atoms with Crippen molar-refractivity contribution in [2.75, 3.05) is 0 Å². The van der Waals surface area contributed by atoms with E-state index in [4.69, 9.17) is 0 Å². The first-order valence-electron chi connectivity index (χ1n) is 5.81. The minimum Gasteiger partial charge on any atom is -0.385 e. The van der Waals surface area contributed by atoms with Crippen LogP contribution in [0.1, 0.15) is 18.1 Å². The van der Waals surface area contributed by atoms with E-state index in [-0.39, 0.29) is 12.2 Å². The van der Waals surface area contributed by atoms with Crippen molar-refractivity contribution >= 4 is 31.9 Å². The first-order chi connectivity index (χ1) is 8.90. The lowest BCUT2D eigenvalue weighted by Gasteiger charge is -2.25. The van der Waals surface area contributed by atoms with Crippen molar-refractivity contribution in [2.45, 2.75) is 18.9 Å². The lowest BCUT2D eigenvalue weighted by molar-refractivity contribution is 0.0559. The summed E-state index contributed by atoms with van der Waals surface area (Å²) in [6, 6.07) is 12.3. The van der Waals surface area contributed by atoms with Crippen LogP contribution in [0.4, 0.5) is 4.39 Å². The van der Waals surface area contributed by atoms with Gasteiger partial charge in [-0.3, -0.25) is 0 Å². The van der Waals surface area contributed by atoms with E-state index in [0.29, 0.717) is 10.0 Å². The summed E-state index contributed by atoms with van der Waals surface area (Å²) >= 11 is 6.64. The Bertz CT molecular complexity index is 596. The highest BCUT2D eigenvalue weighted by Gasteiger charge is 2.26. The molecule has 0 aliphatic heterocycles. The molecule has 0 bridgehead atoms. The number of benzene rings is 2. The highest BCUT2D eigenvalue weighted by Crippen LogP contribution is 2.32. The average molecular weight is 388 g/mol. The molecule has 2 aromatic rings. The fourth-order valence-electron chi connectivity index (χ4n) is 2.03. The van der Waals surface area contributed by atoms with Crippen LogP contribution in [0, 0.1) is 5.82 Å².